The first-order valence-corrected chi connectivity index (χ1v) is 6.55. The van der Waals surface area contributed by atoms with E-state index >= 15 is 0 Å². The highest BCUT2D eigenvalue weighted by Gasteiger charge is 2.10. The highest BCUT2D eigenvalue weighted by Crippen LogP contribution is 2.23. The van der Waals surface area contributed by atoms with Crippen LogP contribution in [0, 0.1) is 0 Å². The van der Waals surface area contributed by atoms with E-state index in [-0.39, 0.29) is 12.6 Å². The maximum atomic E-state index is 8.54. The van der Waals surface area contributed by atoms with Crippen LogP contribution >= 0.6 is 27.5 Å². The first-order chi connectivity index (χ1) is 8.15. The lowest BCUT2D eigenvalue weighted by Crippen LogP contribution is -2.24. The topological polar surface area (TPSA) is 54.4 Å². The van der Waals surface area contributed by atoms with Gasteiger partial charge in [0.05, 0.1) is 30.5 Å². The molecule has 0 bridgehead atoms. The monoisotopic (exact) mass is 322 g/mol. The van der Waals surface area contributed by atoms with Crippen LogP contribution in [0.2, 0.25) is 5.02 Å². The Balaban J connectivity index is 2.38. The fourth-order valence-electron chi connectivity index (χ4n) is 1.35. The lowest BCUT2D eigenvalue weighted by atomic mass is 10.2. The summed E-state index contributed by atoms with van der Waals surface area (Å²) in [6.07, 6.45) is 1.72. The fourth-order valence-corrected chi connectivity index (χ4v) is 2.15. The molecule has 2 N–H and O–H groups in total. The second-order valence-corrected chi connectivity index (χ2v) is 4.86. The van der Waals surface area contributed by atoms with Crippen LogP contribution < -0.4 is 5.32 Å². The van der Waals surface area contributed by atoms with Gasteiger partial charge < -0.3 is 15.2 Å². The van der Waals surface area contributed by atoms with Gasteiger partial charge in [-0.25, -0.2) is 0 Å². The van der Waals surface area contributed by atoms with Crippen LogP contribution in [0.5, 0.6) is 0 Å². The average Bonchev–Trinajstić information content (AvgIpc) is 2.28. The molecule has 0 aliphatic heterocycles. The molecule has 1 aromatic rings. The van der Waals surface area contributed by atoms with Gasteiger partial charge in [-0.2, -0.15) is 0 Å². The van der Waals surface area contributed by atoms with E-state index < -0.39 is 0 Å². The normalized spacial score (nSPS) is 12.7. The number of nitrogens with one attached hydrogen (secondary N) is 1. The Kier molecular flexibility index (Phi) is 6.99. The first-order valence-electron chi connectivity index (χ1n) is 5.38. The summed E-state index contributed by atoms with van der Waals surface area (Å²) in [7, 11) is 0. The second kappa shape index (κ2) is 8.00. The molecule has 17 heavy (non-hydrogen) atoms. The zero-order valence-corrected chi connectivity index (χ0v) is 12.0. The maximum Gasteiger partial charge on any atom is 0.0757 e. The number of aliphatic hydroxyl groups excluding tert-OH is 1. The summed E-state index contributed by atoms with van der Waals surface area (Å²) in [5.41, 5.74) is 0.817. The molecule has 96 valence electrons. The quantitative estimate of drug-likeness (QED) is 0.755. The van der Waals surface area contributed by atoms with E-state index in [9.17, 15) is 0 Å². The highest BCUT2D eigenvalue weighted by atomic mass is 79.9. The SMILES string of the molecule is C[C@H](NCCOCCO)c1ncc(Br)cc1Cl. The Morgan fingerprint density at radius 1 is 1.59 bits per heavy atom. The molecule has 1 rings (SSSR count). The lowest BCUT2D eigenvalue weighted by molar-refractivity contribution is 0.0928. The Morgan fingerprint density at radius 3 is 3.00 bits per heavy atom. The molecule has 4 nitrogen and oxygen atoms in total. The van der Waals surface area contributed by atoms with E-state index in [1.54, 1.807) is 6.20 Å². The third kappa shape index (κ3) is 5.31. The van der Waals surface area contributed by atoms with Gasteiger partial charge in [0, 0.05) is 23.3 Å². The number of rotatable bonds is 7. The molecule has 1 heterocycles. The first kappa shape index (κ1) is 14.9. The van der Waals surface area contributed by atoms with Crippen LogP contribution in [0.3, 0.4) is 0 Å². The van der Waals surface area contributed by atoms with Crippen molar-refractivity contribution in [2.75, 3.05) is 26.4 Å². The lowest BCUT2D eigenvalue weighted by Gasteiger charge is -2.14. The van der Waals surface area contributed by atoms with Crippen LogP contribution in [-0.2, 0) is 4.74 Å². The van der Waals surface area contributed by atoms with E-state index in [0.29, 0.717) is 24.8 Å². The molecular formula is C11H16BrClN2O2. The van der Waals surface area contributed by atoms with Crippen LogP contribution in [-0.4, -0.2) is 36.5 Å². The molecule has 0 aromatic carbocycles. The molecule has 0 aliphatic rings. The standard InChI is InChI=1S/C11H16BrClN2O2/c1-8(14-2-4-17-5-3-16)11-10(13)6-9(12)7-15-11/h6-8,14,16H,2-5H2,1H3/t8-/m0/s1. The van der Waals surface area contributed by atoms with Gasteiger partial charge in [-0.1, -0.05) is 11.6 Å². The van der Waals surface area contributed by atoms with Crippen molar-refractivity contribution < 1.29 is 9.84 Å². The van der Waals surface area contributed by atoms with Gasteiger partial charge in [-0.3, -0.25) is 4.98 Å². The molecule has 0 radical (unpaired) electrons. The van der Waals surface area contributed by atoms with Crippen LogP contribution in [0.1, 0.15) is 18.7 Å². The molecular weight excluding hydrogens is 307 g/mol. The maximum absolute atomic E-state index is 8.54. The number of ether oxygens (including phenoxy) is 1. The minimum Gasteiger partial charge on any atom is -0.394 e. The van der Waals surface area contributed by atoms with Crippen molar-refractivity contribution in [3.05, 3.63) is 27.5 Å². The average molecular weight is 324 g/mol. The third-order valence-corrected chi connectivity index (χ3v) is 2.92. The number of pyridine rings is 1. The predicted molar refractivity (Wildman–Crippen MR) is 71.3 cm³/mol. The number of aromatic nitrogens is 1. The fraction of sp³-hybridized carbons (Fsp3) is 0.545. The van der Waals surface area contributed by atoms with Gasteiger partial charge in [-0.15, -0.1) is 0 Å². The van der Waals surface area contributed by atoms with E-state index in [1.165, 1.54) is 0 Å². The molecule has 1 atom stereocenters. The third-order valence-electron chi connectivity index (χ3n) is 2.18. The number of hydrogen-bond donors (Lipinski definition) is 2. The summed E-state index contributed by atoms with van der Waals surface area (Å²) < 4.78 is 6.01. The summed E-state index contributed by atoms with van der Waals surface area (Å²) in [4.78, 5) is 4.27. The summed E-state index contributed by atoms with van der Waals surface area (Å²) in [5.74, 6) is 0. The molecule has 0 amide bonds. The van der Waals surface area contributed by atoms with Gasteiger partial charge >= 0.3 is 0 Å². The summed E-state index contributed by atoms with van der Waals surface area (Å²) in [5, 5.41) is 12.4. The number of halogens is 2. The van der Waals surface area contributed by atoms with Crippen LogP contribution in [0.25, 0.3) is 0 Å². The Morgan fingerprint density at radius 2 is 2.35 bits per heavy atom. The van der Waals surface area contributed by atoms with E-state index in [0.717, 1.165) is 10.2 Å². The van der Waals surface area contributed by atoms with Gasteiger partial charge in [0.1, 0.15) is 0 Å². The van der Waals surface area contributed by atoms with E-state index in [2.05, 4.69) is 26.2 Å². The van der Waals surface area contributed by atoms with Crippen LogP contribution in [0.4, 0.5) is 0 Å². The Hall–Kier alpha value is -0.200. The van der Waals surface area contributed by atoms with Crippen molar-refractivity contribution in [1.82, 2.24) is 10.3 Å². The van der Waals surface area contributed by atoms with Crippen molar-refractivity contribution in [3.8, 4) is 0 Å². The van der Waals surface area contributed by atoms with Crippen molar-refractivity contribution in [3.63, 3.8) is 0 Å². The van der Waals surface area contributed by atoms with Gasteiger partial charge in [-0.05, 0) is 28.9 Å². The Bertz CT molecular complexity index is 352. The van der Waals surface area contributed by atoms with Crippen molar-refractivity contribution in [2.45, 2.75) is 13.0 Å². The van der Waals surface area contributed by atoms with E-state index in [4.69, 9.17) is 21.4 Å². The van der Waals surface area contributed by atoms with Crippen LogP contribution in [0.15, 0.2) is 16.7 Å². The van der Waals surface area contributed by atoms with Gasteiger partial charge in [0.15, 0.2) is 0 Å². The molecule has 0 unspecified atom stereocenters. The summed E-state index contributed by atoms with van der Waals surface area (Å²) in [6.45, 7) is 3.66. The largest absolute Gasteiger partial charge is 0.394 e. The molecule has 0 saturated carbocycles. The highest BCUT2D eigenvalue weighted by molar-refractivity contribution is 9.10. The number of aliphatic hydroxyl groups is 1. The minimum absolute atomic E-state index is 0.0512. The summed E-state index contributed by atoms with van der Waals surface area (Å²) in [6, 6.07) is 1.89. The second-order valence-electron chi connectivity index (χ2n) is 3.53. The van der Waals surface area contributed by atoms with E-state index in [1.807, 2.05) is 13.0 Å². The molecule has 0 spiro atoms. The minimum atomic E-state index is 0.0512. The number of nitrogens with zero attached hydrogens (tertiary/aromatic N) is 1. The molecule has 0 fully saturated rings. The molecule has 1 aromatic heterocycles. The van der Waals surface area contributed by atoms with Crippen molar-refractivity contribution in [1.29, 1.82) is 0 Å². The van der Waals surface area contributed by atoms with Gasteiger partial charge in [0.25, 0.3) is 0 Å². The molecule has 0 saturated heterocycles. The van der Waals surface area contributed by atoms with Crippen molar-refractivity contribution >= 4 is 27.5 Å². The molecule has 0 aliphatic carbocycles. The number of hydrogen-bond acceptors (Lipinski definition) is 4. The van der Waals surface area contributed by atoms with Gasteiger partial charge in [0.2, 0.25) is 0 Å². The smallest absolute Gasteiger partial charge is 0.0757 e. The van der Waals surface area contributed by atoms with Crippen molar-refractivity contribution in [2.24, 2.45) is 0 Å². The molecule has 6 heteroatoms. The predicted octanol–water partition coefficient (Wildman–Crippen LogP) is 2.16. The summed E-state index contributed by atoms with van der Waals surface area (Å²) >= 11 is 9.41. The zero-order chi connectivity index (χ0) is 12.7. The Labute approximate surface area is 114 Å². The zero-order valence-electron chi connectivity index (χ0n) is 9.62.